The maximum Gasteiger partial charge on any atom is 0.336 e. The van der Waals surface area contributed by atoms with Gasteiger partial charge in [-0.2, -0.15) is 0 Å². The minimum absolute atomic E-state index is 0.0558. The van der Waals surface area contributed by atoms with Crippen molar-refractivity contribution in [2.24, 2.45) is 0 Å². The Morgan fingerprint density at radius 1 is 1.00 bits per heavy atom. The van der Waals surface area contributed by atoms with E-state index in [-0.39, 0.29) is 25.3 Å². The first-order valence-corrected chi connectivity index (χ1v) is 9.54. The number of nitro benzene ring substituents is 1. The molecule has 0 saturated heterocycles. The third-order valence-electron chi connectivity index (χ3n) is 4.24. The zero-order valence-electron chi connectivity index (χ0n) is 17.0. The fourth-order valence-electron chi connectivity index (χ4n) is 2.85. The summed E-state index contributed by atoms with van der Waals surface area (Å²) in [5, 5.41) is 18.9. The van der Waals surface area contributed by atoms with E-state index >= 15 is 0 Å². The predicted octanol–water partition coefficient (Wildman–Crippen LogP) is 2.86. The maximum atomic E-state index is 12.8. The van der Waals surface area contributed by atoms with E-state index in [0.29, 0.717) is 17.8 Å². The number of hydrazine groups is 1. The van der Waals surface area contributed by atoms with Crippen molar-refractivity contribution in [1.82, 2.24) is 20.7 Å². The van der Waals surface area contributed by atoms with Gasteiger partial charge in [0.05, 0.1) is 11.5 Å². The molecular weight excluding hydrogens is 388 g/mol. The topological polar surface area (TPSA) is 134 Å². The van der Waals surface area contributed by atoms with Crippen LogP contribution in [0, 0.1) is 10.1 Å². The Balaban J connectivity index is 2.16. The average molecular weight is 414 g/mol. The molecule has 4 amide bonds. The van der Waals surface area contributed by atoms with Gasteiger partial charge >= 0.3 is 12.1 Å². The molecule has 10 heteroatoms. The Morgan fingerprint density at radius 2 is 1.67 bits per heavy atom. The van der Waals surface area contributed by atoms with Crippen molar-refractivity contribution >= 4 is 23.4 Å². The summed E-state index contributed by atoms with van der Waals surface area (Å²) in [6.07, 6.45) is 0. The molecule has 4 N–H and O–H groups in total. The number of hydrogen-bond donors (Lipinski definition) is 3. The number of hydrogen-bond acceptors (Lipinski definition) is 5. The van der Waals surface area contributed by atoms with E-state index in [1.165, 1.54) is 22.2 Å². The number of nitrogens with zero attached hydrogens (tertiary/aromatic N) is 3. The van der Waals surface area contributed by atoms with Crippen molar-refractivity contribution in [1.29, 1.82) is 0 Å². The van der Waals surface area contributed by atoms with Gasteiger partial charge in [0, 0.05) is 37.5 Å². The fourth-order valence-corrected chi connectivity index (χ4v) is 2.85. The molecule has 0 spiro atoms. The smallest absolute Gasteiger partial charge is 0.336 e. The average Bonchev–Trinajstić information content (AvgIpc) is 2.72. The van der Waals surface area contributed by atoms with Gasteiger partial charge in [-0.1, -0.05) is 24.3 Å². The largest absolute Gasteiger partial charge is 0.399 e. The highest BCUT2D eigenvalue weighted by Gasteiger charge is 2.25. The van der Waals surface area contributed by atoms with Gasteiger partial charge in [-0.3, -0.25) is 10.1 Å². The lowest BCUT2D eigenvalue weighted by Crippen LogP contribution is -2.55. The summed E-state index contributed by atoms with van der Waals surface area (Å²) in [5.74, 6) is 0. The highest BCUT2D eigenvalue weighted by atomic mass is 16.6. The molecule has 2 rings (SSSR count). The van der Waals surface area contributed by atoms with Crippen LogP contribution in [-0.2, 0) is 13.1 Å². The van der Waals surface area contributed by atoms with Crippen molar-refractivity contribution in [2.75, 3.05) is 18.8 Å². The molecule has 0 aliphatic rings. The molecule has 0 radical (unpaired) electrons. The summed E-state index contributed by atoms with van der Waals surface area (Å²) in [4.78, 5) is 35.9. The summed E-state index contributed by atoms with van der Waals surface area (Å²) in [6, 6.07) is 12.2. The summed E-state index contributed by atoms with van der Waals surface area (Å²) >= 11 is 0. The lowest BCUT2D eigenvalue weighted by Gasteiger charge is -2.34. The molecule has 30 heavy (non-hydrogen) atoms. The van der Waals surface area contributed by atoms with Crippen LogP contribution in [0.1, 0.15) is 25.0 Å². The molecule has 0 unspecified atom stereocenters. The molecule has 160 valence electrons. The minimum atomic E-state index is -0.501. The normalized spacial score (nSPS) is 10.2. The minimum Gasteiger partial charge on any atom is -0.399 e. The van der Waals surface area contributed by atoms with E-state index in [0.717, 1.165) is 5.56 Å². The SMILES string of the molecule is CCNC(=O)N(Cc1cccc(N)c1)N(CC)C(=O)NCc1cccc([N+](=O)[O-])c1. The number of benzene rings is 2. The predicted molar refractivity (Wildman–Crippen MR) is 113 cm³/mol. The van der Waals surface area contributed by atoms with E-state index < -0.39 is 17.0 Å². The number of nitrogens with one attached hydrogen (secondary N) is 2. The van der Waals surface area contributed by atoms with Gasteiger partial charge in [-0.25, -0.2) is 19.6 Å². The van der Waals surface area contributed by atoms with Crippen LogP contribution in [0.2, 0.25) is 0 Å². The van der Waals surface area contributed by atoms with E-state index in [4.69, 9.17) is 5.73 Å². The number of nitrogens with two attached hydrogens (primary N) is 1. The van der Waals surface area contributed by atoms with Crippen LogP contribution >= 0.6 is 0 Å². The van der Waals surface area contributed by atoms with Crippen LogP contribution in [0.4, 0.5) is 21.0 Å². The Bertz CT molecular complexity index is 904. The second-order valence-corrected chi connectivity index (χ2v) is 6.44. The van der Waals surface area contributed by atoms with Crippen LogP contribution in [0.5, 0.6) is 0 Å². The van der Waals surface area contributed by atoms with Gasteiger partial charge < -0.3 is 16.4 Å². The zero-order chi connectivity index (χ0) is 22.1. The molecule has 0 heterocycles. The fraction of sp³-hybridized carbons (Fsp3) is 0.300. The molecule has 0 saturated carbocycles. The Hall–Kier alpha value is -3.82. The zero-order valence-corrected chi connectivity index (χ0v) is 17.0. The first-order valence-electron chi connectivity index (χ1n) is 9.54. The molecule has 0 bridgehead atoms. The standard InChI is InChI=1S/C20H26N6O4/c1-3-22-19(27)25(14-16-8-5-9-17(21)11-16)24(4-2)20(28)23-13-15-7-6-10-18(12-15)26(29)30/h5-12H,3-4,13-14,21H2,1-2H3,(H,22,27)(H,23,28). The number of non-ortho nitro benzene ring substituents is 1. The maximum absolute atomic E-state index is 12.8. The van der Waals surface area contributed by atoms with Gasteiger partial charge in [0.1, 0.15) is 0 Å². The summed E-state index contributed by atoms with van der Waals surface area (Å²) in [5.41, 5.74) is 7.67. The number of urea groups is 2. The highest BCUT2D eigenvalue weighted by Crippen LogP contribution is 2.14. The van der Waals surface area contributed by atoms with Crippen LogP contribution < -0.4 is 16.4 Å². The van der Waals surface area contributed by atoms with Gasteiger partial charge in [0.2, 0.25) is 0 Å². The number of nitrogen functional groups attached to an aromatic ring is 1. The van der Waals surface area contributed by atoms with Gasteiger partial charge in [0.15, 0.2) is 0 Å². The Kier molecular flexibility index (Phi) is 7.98. The second kappa shape index (κ2) is 10.6. The molecule has 2 aromatic carbocycles. The number of amides is 4. The van der Waals surface area contributed by atoms with Crippen molar-refractivity contribution < 1.29 is 14.5 Å². The van der Waals surface area contributed by atoms with Crippen molar-refractivity contribution in [2.45, 2.75) is 26.9 Å². The molecule has 0 fully saturated rings. The van der Waals surface area contributed by atoms with Crippen LogP contribution in [-0.4, -0.2) is 40.1 Å². The molecule has 2 aromatic rings. The van der Waals surface area contributed by atoms with E-state index in [9.17, 15) is 19.7 Å². The summed E-state index contributed by atoms with van der Waals surface area (Å²) < 4.78 is 0. The van der Waals surface area contributed by atoms with Crippen molar-refractivity contribution in [3.8, 4) is 0 Å². The van der Waals surface area contributed by atoms with Crippen molar-refractivity contribution in [3.63, 3.8) is 0 Å². The molecule has 0 aliphatic heterocycles. The van der Waals surface area contributed by atoms with Crippen LogP contribution in [0.15, 0.2) is 48.5 Å². The first-order chi connectivity index (χ1) is 14.3. The Labute approximate surface area is 174 Å². The van der Waals surface area contributed by atoms with Gasteiger partial charge in [-0.15, -0.1) is 0 Å². The van der Waals surface area contributed by atoms with Crippen molar-refractivity contribution in [3.05, 3.63) is 69.8 Å². The third kappa shape index (κ3) is 6.09. The molecule has 0 aromatic heterocycles. The molecule has 0 aliphatic carbocycles. The van der Waals surface area contributed by atoms with Gasteiger partial charge in [0.25, 0.3) is 5.69 Å². The number of nitro groups is 1. The monoisotopic (exact) mass is 414 g/mol. The van der Waals surface area contributed by atoms with Gasteiger partial charge in [-0.05, 0) is 37.1 Å². The highest BCUT2D eigenvalue weighted by molar-refractivity contribution is 5.80. The Morgan fingerprint density at radius 3 is 2.30 bits per heavy atom. The second-order valence-electron chi connectivity index (χ2n) is 6.44. The van der Waals surface area contributed by atoms with Crippen LogP contribution in [0.25, 0.3) is 0 Å². The summed E-state index contributed by atoms with van der Waals surface area (Å²) in [7, 11) is 0. The molecule has 0 atom stereocenters. The number of rotatable bonds is 7. The number of anilines is 1. The lowest BCUT2D eigenvalue weighted by molar-refractivity contribution is -0.384. The molecule has 10 nitrogen and oxygen atoms in total. The number of carbonyl (C=O) groups excluding carboxylic acids is 2. The third-order valence-corrected chi connectivity index (χ3v) is 4.24. The number of carbonyl (C=O) groups is 2. The first kappa shape index (κ1) is 22.5. The summed E-state index contributed by atoms with van der Waals surface area (Å²) in [6.45, 7) is 4.40. The van der Waals surface area contributed by atoms with E-state index in [1.54, 1.807) is 44.2 Å². The van der Waals surface area contributed by atoms with E-state index in [2.05, 4.69) is 10.6 Å². The molecular formula is C20H26N6O4. The van der Waals surface area contributed by atoms with E-state index in [1.807, 2.05) is 6.07 Å². The van der Waals surface area contributed by atoms with Crippen LogP contribution in [0.3, 0.4) is 0 Å². The quantitative estimate of drug-likeness (QED) is 0.364. The lowest BCUT2D eigenvalue weighted by atomic mass is 10.2.